The largest absolute Gasteiger partial charge is 0.507 e. The predicted octanol–water partition coefficient (Wildman–Crippen LogP) is 6.34. The highest BCUT2D eigenvalue weighted by molar-refractivity contribution is 7.17. The summed E-state index contributed by atoms with van der Waals surface area (Å²) in [5.74, 6) is -1.90. The Balaban J connectivity index is 1.84. The van der Waals surface area contributed by atoms with Crippen molar-refractivity contribution in [3.8, 4) is 5.75 Å². The molecule has 40 heavy (non-hydrogen) atoms. The summed E-state index contributed by atoms with van der Waals surface area (Å²) in [4.78, 5) is 45.2. The Morgan fingerprint density at radius 1 is 1.07 bits per heavy atom. The summed E-state index contributed by atoms with van der Waals surface area (Å²) < 4.78 is 10.6. The lowest BCUT2D eigenvalue weighted by atomic mass is 9.85. The molecule has 0 unspecified atom stereocenters. The van der Waals surface area contributed by atoms with Crippen LogP contribution in [0.4, 0.5) is 5.13 Å². The summed E-state index contributed by atoms with van der Waals surface area (Å²) in [6.45, 7) is 10.6. The van der Waals surface area contributed by atoms with E-state index in [1.807, 2.05) is 24.3 Å². The molecule has 8 nitrogen and oxygen atoms in total. The molecule has 2 heterocycles. The number of unbranched alkanes of at least 4 members (excludes halogenated alkanes) is 1. The molecule has 3 aromatic rings. The molecular formula is C31H34N2O6S. The average Bonchev–Trinajstić information content (AvgIpc) is 3.44. The number of aliphatic hydroxyl groups excluding tert-OH is 1. The molecule has 1 N–H and O–H groups in total. The molecule has 0 radical (unpaired) electrons. The van der Waals surface area contributed by atoms with Crippen molar-refractivity contribution in [1.82, 2.24) is 4.98 Å². The van der Waals surface area contributed by atoms with Gasteiger partial charge >= 0.3 is 11.9 Å². The van der Waals surface area contributed by atoms with Gasteiger partial charge in [0.25, 0.3) is 5.78 Å². The number of ketones is 1. The summed E-state index contributed by atoms with van der Waals surface area (Å²) in [7, 11) is 1.27. The van der Waals surface area contributed by atoms with Crippen LogP contribution in [0, 0.1) is 6.92 Å². The van der Waals surface area contributed by atoms with Gasteiger partial charge in [0.1, 0.15) is 16.4 Å². The standard InChI is InChI=1S/C31H34N2O6S/c1-7-8-17-39-22-15-11-20(12-16-22)25(34)23-24(19-9-13-21(14-10-19)31(3,4)5)33(28(36)26(23)35)30-32-18(2)27(40-30)29(37)38-6/h9-16,24,34H,7-8,17H2,1-6H3/t24-/m0/s1. The molecule has 9 heteroatoms. The zero-order valence-electron chi connectivity index (χ0n) is 23.6. The van der Waals surface area contributed by atoms with Gasteiger partial charge in [-0.15, -0.1) is 0 Å². The Morgan fingerprint density at radius 2 is 1.73 bits per heavy atom. The minimum atomic E-state index is -0.953. The number of aliphatic hydroxyl groups is 1. The number of carbonyl (C=O) groups excluding carboxylic acids is 3. The number of ether oxygens (including phenoxy) is 2. The number of aromatic nitrogens is 1. The van der Waals surface area contributed by atoms with E-state index < -0.39 is 23.7 Å². The predicted molar refractivity (Wildman–Crippen MR) is 155 cm³/mol. The number of hydrogen-bond acceptors (Lipinski definition) is 8. The van der Waals surface area contributed by atoms with E-state index in [1.54, 1.807) is 31.2 Å². The van der Waals surface area contributed by atoms with E-state index in [0.717, 1.165) is 29.7 Å². The maximum Gasteiger partial charge on any atom is 0.350 e. The van der Waals surface area contributed by atoms with E-state index in [0.29, 0.717) is 29.2 Å². The number of hydrogen-bond donors (Lipinski definition) is 1. The quantitative estimate of drug-likeness (QED) is 0.112. The van der Waals surface area contributed by atoms with Crippen molar-refractivity contribution in [2.24, 2.45) is 0 Å². The SMILES string of the molecule is CCCCOc1ccc(C(O)=C2C(=O)C(=O)N(c3nc(C)c(C(=O)OC)s3)[C@H]2c2ccc(C(C)(C)C)cc2)cc1. The Kier molecular flexibility index (Phi) is 8.44. The summed E-state index contributed by atoms with van der Waals surface area (Å²) in [5, 5.41) is 11.6. The Morgan fingerprint density at radius 3 is 2.30 bits per heavy atom. The minimum Gasteiger partial charge on any atom is -0.507 e. The van der Waals surface area contributed by atoms with Crippen LogP contribution >= 0.6 is 11.3 Å². The highest BCUT2D eigenvalue weighted by atomic mass is 32.1. The van der Waals surface area contributed by atoms with E-state index >= 15 is 0 Å². The van der Waals surface area contributed by atoms with E-state index in [9.17, 15) is 19.5 Å². The Labute approximate surface area is 238 Å². The molecule has 1 aromatic heterocycles. The van der Waals surface area contributed by atoms with Gasteiger partial charge in [-0.1, -0.05) is 69.7 Å². The van der Waals surface area contributed by atoms with E-state index in [2.05, 4.69) is 32.7 Å². The Hall–Kier alpha value is -3.98. The zero-order chi connectivity index (χ0) is 29.2. The summed E-state index contributed by atoms with van der Waals surface area (Å²) in [6.07, 6.45) is 1.93. The van der Waals surface area contributed by atoms with Gasteiger partial charge in [-0.2, -0.15) is 0 Å². The molecule has 1 saturated heterocycles. The third-order valence-electron chi connectivity index (χ3n) is 6.79. The van der Waals surface area contributed by atoms with Crippen LogP contribution < -0.4 is 9.64 Å². The second kappa shape index (κ2) is 11.6. The molecule has 1 amide bonds. The lowest BCUT2D eigenvalue weighted by Gasteiger charge is -2.24. The van der Waals surface area contributed by atoms with Crippen molar-refractivity contribution in [3.05, 3.63) is 81.4 Å². The van der Waals surface area contributed by atoms with Gasteiger partial charge in [-0.25, -0.2) is 9.78 Å². The second-order valence-corrected chi connectivity index (χ2v) is 11.6. The van der Waals surface area contributed by atoms with Crippen LogP contribution in [0.15, 0.2) is 54.1 Å². The summed E-state index contributed by atoms with van der Waals surface area (Å²) in [5.41, 5.74) is 2.30. The van der Waals surface area contributed by atoms with Crippen molar-refractivity contribution in [1.29, 1.82) is 0 Å². The number of esters is 1. The molecule has 1 fully saturated rings. The van der Waals surface area contributed by atoms with E-state index in [1.165, 1.54) is 12.0 Å². The van der Waals surface area contributed by atoms with Crippen molar-refractivity contribution < 1.29 is 29.0 Å². The van der Waals surface area contributed by atoms with Gasteiger partial charge in [0.15, 0.2) is 5.13 Å². The number of carbonyl (C=O) groups is 3. The van der Waals surface area contributed by atoms with Gasteiger partial charge in [-0.3, -0.25) is 14.5 Å². The number of rotatable bonds is 8. The fourth-order valence-corrected chi connectivity index (χ4v) is 5.49. The first kappa shape index (κ1) is 29.0. The number of nitrogens with zero attached hydrogens (tertiary/aromatic N) is 2. The topological polar surface area (TPSA) is 106 Å². The minimum absolute atomic E-state index is 0.0550. The molecule has 0 spiro atoms. The maximum absolute atomic E-state index is 13.5. The Bertz CT molecular complexity index is 1450. The molecule has 0 saturated carbocycles. The number of methoxy groups -OCH3 is 1. The molecule has 4 rings (SSSR count). The lowest BCUT2D eigenvalue weighted by molar-refractivity contribution is -0.132. The van der Waals surface area contributed by atoms with Crippen LogP contribution in [0.3, 0.4) is 0 Å². The number of Topliss-reactive ketones (excluding diaryl/α,β-unsaturated/α-hetero) is 1. The first-order chi connectivity index (χ1) is 19.0. The molecule has 0 bridgehead atoms. The third-order valence-corrected chi connectivity index (χ3v) is 7.93. The van der Waals surface area contributed by atoms with Crippen molar-refractivity contribution in [2.75, 3.05) is 18.6 Å². The number of amides is 1. The fourth-order valence-electron chi connectivity index (χ4n) is 4.48. The molecule has 210 valence electrons. The lowest BCUT2D eigenvalue weighted by Crippen LogP contribution is -2.29. The molecular weight excluding hydrogens is 528 g/mol. The number of aryl methyl sites for hydroxylation is 1. The first-order valence-corrected chi connectivity index (χ1v) is 14.0. The van der Waals surface area contributed by atoms with E-state index in [4.69, 9.17) is 9.47 Å². The van der Waals surface area contributed by atoms with Crippen molar-refractivity contribution >= 4 is 39.9 Å². The molecule has 1 aliphatic rings. The zero-order valence-corrected chi connectivity index (χ0v) is 24.4. The fraction of sp³-hybridized carbons (Fsp3) is 0.355. The number of anilines is 1. The van der Waals surface area contributed by atoms with Gasteiger partial charge in [-0.05, 0) is 54.2 Å². The average molecular weight is 563 g/mol. The van der Waals surface area contributed by atoms with Gasteiger partial charge in [0, 0.05) is 5.56 Å². The molecule has 1 aliphatic heterocycles. The van der Waals surface area contributed by atoms with Gasteiger partial charge in [0.2, 0.25) is 0 Å². The monoisotopic (exact) mass is 562 g/mol. The smallest absolute Gasteiger partial charge is 0.350 e. The van der Waals surface area contributed by atoms with Gasteiger partial charge < -0.3 is 14.6 Å². The van der Waals surface area contributed by atoms with Crippen LogP contribution in [0.25, 0.3) is 5.76 Å². The van der Waals surface area contributed by atoms with Crippen LogP contribution in [0.5, 0.6) is 5.75 Å². The van der Waals surface area contributed by atoms with Crippen molar-refractivity contribution in [2.45, 2.75) is 58.9 Å². The number of thiazole rings is 1. The highest BCUT2D eigenvalue weighted by Crippen LogP contribution is 2.44. The maximum atomic E-state index is 13.5. The molecule has 2 aromatic carbocycles. The van der Waals surface area contributed by atoms with Crippen LogP contribution in [0.1, 0.15) is 78.6 Å². The summed E-state index contributed by atoms with van der Waals surface area (Å²) in [6, 6.07) is 13.4. The van der Waals surface area contributed by atoms with Gasteiger partial charge in [0.05, 0.1) is 31.0 Å². The van der Waals surface area contributed by atoms with Crippen molar-refractivity contribution in [3.63, 3.8) is 0 Å². The third kappa shape index (κ3) is 5.65. The normalized spacial score (nSPS) is 16.9. The van der Waals surface area contributed by atoms with Crippen LogP contribution in [0.2, 0.25) is 0 Å². The van der Waals surface area contributed by atoms with Crippen LogP contribution in [-0.2, 0) is 19.7 Å². The second-order valence-electron chi connectivity index (χ2n) is 10.7. The molecule has 0 aliphatic carbocycles. The van der Waals surface area contributed by atoms with Crippen LogP contribution in [-0.4, -0.2) is 41.5 Å². The molecule has 1 atom stereocenters. The number of benzene rings is 2. The summed E-state index contributed by atoms with van der Waals surface area (Å²) >= 11 is 0.968. The first-order valence-electron chi connectivity index (χ1n) is 13.2. The van der Waals surface area contributed by atoms with E-state index in [-0.39, 0.29) is 26.8 Å². The highest BCUT2D eigenvalue weighted by Gasteiger charge is 2.48.